The topological polar surface area (TPSA) is 34.1 Å². The third-order valence-corrected chi connectivity index (χ3v) is 16.0. The highest BCUT2D eigenvalue weighted by atomic mass is 32.2. The van der Waals surface area contributed by atoms with Crippen LogP contribution in [0.4, 0.5) is 0 Å². The largest absolute Gasteiger partial charge is 0.218 e. The minimum absolute atomic E-state index is 0.220. The summed E-state index contributed by atoms with van der Waals surface area (Å²) in [7, 11) is -4.77. The summed E-state index contributed by atoms with van der Waals surface area (Å²) in [5.74, 6) is 0. The molecule has 0 radical (unpaired) electrons. The third-order valence-electron chi connectivity index (χ3n) is 14.1. The van der Waals surface area contributed by atoms with E-state index >= 15 is 8.42 Å². The van der Waals surface area contributed by atoms with Crippen LogP contribution in [-0.2, 0) is 9.84 Å². The van der Waals surface area contributed by atoms with Gasteiger partial charge in [0.05, 0.1) is 9.79 Å². The standard InChI is InChI=1S/C72H50O2S/c73-75(74,71-67(57-43-23-7-24-44-57)63(53-35-15-3-16-36-53)61(51-31-11-1-12-32-51)64(54-37-17-4-18-38-54)68(71)58-45-25-8-26-46-58)72-69(59-47-27-9-28-48-59)65(55-39-19-5-20-40-55)62(52-33-13-2-14-34-52)66(56-41-21-6-22-42-56)70(72)60-49-29-10-30-50-60/h1-50H. The Morgan fingerprint density at radius 3 is 0.387 bits per heavy atom. The van der Waals surface area contributed by atoms with Crippen molar-refractivity contribution in [1.82, 2.24) is 0 Å². The highest BCUT2D eigenvalue weighted by molar-refractivity contribution is 7.92. The number of benzene rings is 12. The fourth-order valence-electron chi connectivity index (χ4n) is 11.0. The molecule has 0 saturated heterocycles. The van der Waals surface area contributed by atoms with Gasteiger partial charge in [-0.15, -0.1) is 0 Å². The van der Waals surface area contributed by atoms with Gasteiger partial charge in [0.2, 0.25) is 9.84 Å². The molecular weight excluding hydrogens is 929 g/mol. The Kier molecular flexibility index (Phi) is 12.8. The fraction of sp³-hybridized carbons (Fsp3) is 0. The second kappa shape index (κ2) is 20.6. The van der Waals surface area contributed by atoms with E-state index in [4.69, 9.17) is 0 Å². The molecule has 0 saturated carbocycles. The van der Waals surface area contributed by atoms with Crippen LogP contribution in [0.2, 0.25) is 0 Å². The minimum Gasteiger partial charge on any atom is -0.218 e. The predicted octanol–water partition coefficient (Wildman–Crippen LogP) is 19.2. The molecule has 0 unspecified atom stereocenters. The summed E-state index contributed by atoms with van der Waals surface area (Å²) < 4.78 is 36.9. The van der Waals surface area contributed by atoms with E-state index in [0.29, 0.717) is 22.3 Å². The molecule has 0 fully saturated rings. The first-order chi connectivity index (χ1) is 37.1. The Labute approximate surface area is 440 Å². The Morgan fingerprint density at radius 2 is 0.253 bits per heavy atom. The molecule has 0 atom stereocenters. The molecule has 12 rings (SSSR count). The Hall–Kier alpha value is -9.41. The fourth-order valence-corrected chi connectivity index (χ4v) is 13.1. The van der Waals surface area contributed by atoms with Crippen molar-refractivity contribution >= 4 is 9.84 Å². The van der Waals surface area contributed by atoms with Crippen molar-refractivity contribution in [2.45, 2.75) is 9.79 Å². The Morgan fingerprint density at radius 1 is 0.147 bits per heavy atom. The first-order valence-corrected chi connectivity index (χ1v) is 26.8. The average Bonchev–Trinajstić information content (AvgIpc) is 3.50. The van der Waals surface area contributed by atoms with Gasteiger partial charge in [0.1, 0.15) is 0 Å². The van der Waals surface area contributed by atoms with Crippen LogP contribution >= 0.6 is 0 Å². The predicted molar refractivity (Wildman–Crippen MR) is 313 cm³/mol. The smallest absolute Gasteiger partial charge is 0.209 e. The lowest BCUT2D eigenvalue weighted by molar-refractivity contribution is 0.597. The zero-order valence-corrected chi connectivity index (χ0v) is 41.9. The van der Waals surface area contributed by atoms with Crippen molar-refractivity contribution in [3.63, 3.8) is 0 Å². The lowest BCUT2D eigenvalue weighted by atomic mass is 9.78. The molecule has 0 aliphatic carbocycles. The van der Waals surface area contributed by atoms with E-state index in [1.54, 1.807) is 0 Å². The molecule has 356 valence electrons. The maximum atomic E-state index is 18.4. The maximum absolute atomic E-state index is 18.4. The highest BCUT2D eigenvalue weighted by Crippen LogP contribution is 2.60. The molecule has 0 aliphatic heterocycles. The second-order valence-electron chi connectivity index (χ2n) is 18.6. The van der Waals surface area contributed by atoms with Gasteiger partial charge in [0.25, 0.3) is 0 Å². The molecule has 0 bridgehead atoms. The molecule has 0 amide bonds. The molecule has 12 aromatic carbocycles. The van der Waals surface area contributed by atoms with Gasteiger partial charge < -0.3 is 0 Å². The zero-order chi connectivity index (χ0) is 50.6. The average molecular weight is 979 g/mol. The molecule has 0 aliphatic rings. The van der Waals surface area contributed by atoms with Crippen LogP contribution in [0.3, 0.4) is 0 Å². The first kappa shape index (κ1) is 46.6. The summed E-state index contributed by atoms with van der Waals surface area (Å²) in [4.78, 5) is 0.439. The monoisotopic (exact) mass is 978 g/mol. The third kappa shape index (κ3) is 8.69. The van der Waals surface area contributed by atoms with E-state index in [-0.39, 0.29) is 9.79 Å². The van der Waals surface area contributed by atoms with Crippen LogP contribution < -0.4 is 0 Å². The van der Waals surface area contributed by atoms with E-state index < -0.39 is 9.84 Å². The Bertz CT molecular complexity index is 3550. The van der Waals surface area contributed by atoms with Gasteiger partial charge in [0, 0.05) is 22.3 Å². The zero-order valence-electron chi connectivity index (χ0n) is 41.1. The summed E-state index contributed by atoms with van der Waals surface area (Å²) in [5, 5.41) is 0. The van der Waals surface area contributed by atoms with Crippen LogP contribution in [0.5, 0.6) is 0 Å². The van der Waals surface area contributed by atoms with Crippen molar-refractivity contribution < 1.29 is 8.42 Å². The molecule has 0 N–H and O–H groups in total. The summed E-state index contributed by atoms with van der Waals surface area (Å²) >= 11 is 0. The van der Waals surface area contributed by atoms with Gasteiger partial charge in [-0.1, -0.05) is 303 Å². The summed E-state index contributed by atoms with van der Waals surface area (Å²) in [6.45, 7) is 0. The molecule has 0 heterocycles. The van der Waals surface area contributed by atoms with Crippen molar-refractivity contribution in [3.05, 3.63) is 303 Å². The maximum Gasteiger partial charge on any atom is 0.209 e. The molecule has 2 nitrogen and oxygen atoms in total. The molecular formula is C72H50O2S. The van der Waals surface area contributed by atoms with Gasteiger partial charge in [0.15, 0.2) is 0 Å². The molecule has 12 aromatic rings. The van der Waals surface area contributed by atoms with Gasteiger partial charge in [-0.2, -0.15) is 0 Å². The molecule has 0 aromatic heterocycles. The van der Waals surface area contributed by atoms with Gasteiger partial charge >= 0.3 is 0 Å². The van der Waals surface area contributed by atoms with Crippen molar-refractivity contribution in [3.8, 4) is 111 Å². The van der Waals surface area contributed by atoms with E-state index in [9.17, 15) is 0 Å². The van der Waals surface area contributed by atoms with Crippen LogP contribution in [0.25, 0.3) is 111 Å². The number of rotatable bonds is 12. The highest BCUT2D eigenvalue weighted by Gasteiger charge is 2.40. The summed E-state index contributed by atoms with van der Waals surface area (Å²) in [6, 6.07) is 103. The van der Waals surface area contributed by atoms with Gasteiger partial charge in [-0.25, -0.2) is 8.42 Å². The van der Waals surface area contributed by atoms with Gasteiger partial charge in [-0.05, 0) is 89.0 Å². The SMILES string of the molecule is O=S(=O)(c1c(-c2ccccc2)c(-c2ccccc2)c(-c2ccccc2)c(-c2ccccc2)c1-c1ccccc1)c1c(-c2ccccc2)c(-c2ccccc2)c(-c2ccccc2)c(-c2ccccc2)c1-c1ccccc1. The van der Waals surface area contributed by atoms with Gasteiger partial charge in [-0.3, -0.25) is 0 Å². The van der Waals surface area contributed by atoms with E-state index in [1.165, 1.54) is 0 Å². The van der Waals surface area contributed by atoms with Crippen LogP contribution in [0.15, 0.2) is 313 Å². The number of hydrogen-bond donors (Lipinski definition) is 0. The van der Waals surface area contributed by atoms with Crippen molar-refractivity contribution in [2.24, 2.45) is 0 Å². The van der Waals surface area contributed by atoms with E-state index in [2.05, 4.69) is 146 Å². The lowest BCUT2D eigenvalue weighted by Crippen LogP contribution is -2.14. The quantitative estimate of drug-likeness (QED) is 0.122. The van der Waals surface area contributed by atoms with E-state index in [0.717, 1.165) is 89.0 Å². The normalized spacial score (nSPS) is 11.3. The number of sulfone groups is 1. The van der Waals surface area contributed by atoms with Crippen molar-refractivity contribution in [2.75, 3.05) is 0 Å². The lowest BCUT2D eigenvalue weighted by Gasteiger charge is -2.31. The summed E-state index contributed by atoms with van der Waals surface area (Å²) in [5.41, 5.74) is 16.2. The van der Waals surface area contributed by atoms with Crippen LogP contribution in [0.1, 0.15) is 0 Å². The number of hydrogen-bond acceptors (Lipinski definition) is 2. The molecule has 75 heavy (non-hydrogen) atoms. The second-order valence-corrected chi connectivity index (χ2v) is 20.4. The summed E-state index contributed by atoms with van der Waals surface area (Å²) in [6.07, 6.45) is 0. The van der Waals surface area contributed by atoms with E-state index in [1.807, 2.05) is 158 Å². The Balaban J connectivity index is 1.42. The molecule has 0 spiro atoms. The van der Waals surface area contributed by atoms with Crippen LogP contribution in [0, 0.1) is 0 Å². The van der Waals surface area contributed by atoms with Crippen molar-refractivity contribution in [1.29, 1.82) is 0 Å². The minimum atomic E-state index is -4.77. The van der Waals surface area contributed by atoms with Crippen LogP contribution in [-0.4, -0.2) is 8.42 Å². The molecule has 3 heteroatoms. The first-order valence-electron chi connectivity index (χ1n) is 25.3.